The Bertz CT molecular complexity index is 525. The Kier molecular flexibility index (Phi) is 680. The predicted molar refractivity (Wildman–Crippen MR) is 420 cm³/mol. The second-order valence-electron chi connectivity index (χ2n) is 19.7. The van der Waals surface area contributed by atoms with Crippen LogP contribution in [0, 0.1) is 55.4 Å². The first-order chi connectivity index (χ1) is 48.3. The third-order valence-corrected chi connectivity index (χ3v) is 8.91. The van der Waals surface area contributed by atoms with E-state index in [1.165, 1.54) is 51.4 Å². The number of hydrogen-bond acceptors (Lipinski definition) is 16. The quantitative estimate of drug-likeness (QED) is 0.0229. The van der Waals surface area contributed by atoms with Crippen molar-refractivity contribution in [3.8, 4) is 0 Å². The van der Waals surface area contributed by atoms with Crippen molar-refractivity contribution in [2.75, 3.05) is 79.3 Å². The van der Waals surface area contributed by atoms with E-state index in [9.17, 15) is 20.4 Å². The number of hydrogen-bond donors (Lipinski definition) is 8. The summed E-state index contributed by atoms with van der Waals surface area (Å²) in [7, 11) is 0. The number of unbranched alkanes of at least 4 members (excludes halogenated alkanes) is 20. The Morgan fingerprint density at radius 2 is 0.233 bits per heavy atom. The molecule has 16 nitrogen and oxygen atoms in total. The maximum atomic E-state index is 9.53. The molecular weight excluding hydrogens is 1550 g/mol. The van der Waals surface area contributed by atoms with Gasteiger partial charge in [0.1, 0.15) is 0 Å². The van der Waals surface area contributed by atoms with E-state index in [-0.39, 0.29) is 91.6 Å². The minimum Gasteiger partial charge on any atom is 4.00 e. The summed E-state index contributed by atoms with van der Waals surface area (Å²) in [6, 6.07) is 0. The molecule has 103 heavy (non-hydrogen) atoms. The largest absolute Gasteiger partial charge is 4.00 e. The first kappa shape index (κ1) is 188. The van der Waals surface area contributed by atoms with Crippen molar-refractivity contribution in [2.45, 2.75) is 395 Å². The molecule has 0 aromatic heterocycles. The first-order valence-corrected chi connectivity index (χ1v) is 41.2. The minimum atomic E-state index is 0. The van der Waals surface area contributed by atoms with E-state index in [0.29, 0.717) is 52.9 Å². The van der Waals surface area contributed by atoms with Crippen molar-refractivity contribution in [1.29, 1.82) is 0 Å². The average molecular weight is 1740 g/mol. The van der Waals surface area contributed by atoms with Gasteiger partial charge in [-0.05, 0) is 51.4 Å². The van der Waals surface area contributed by atoms with Gasteiger partial charge in [0.15, 0.2) is 0 Å². The van der Waals surface area contributed by atoms with Crippen LogP contribution in [-0.2, 0) is 160 Å². The second kappa shape index (κ2) is 373. The van der Waals surface area contributed by atoms with Crippen LogP contribution in [0.5, 0.6) is 0 Å². The van der Waals surface area contributed by atoms with Gasteiger partial charge in [0.05, 0.1) is 0 Å². The molecule has 8 N–H and O–H groups in total. The molecule has 0 aliphatic rings. The van der Waals surface area contributed by atoms with Gasteiger partial charge in [0.25, 0.3) is 0 Å². The van der Waals surface area contributed by atoms with E-state index in [4.69, 9.17) is 54.2 Å². The summed E-state index contributed by atoms with van der Waals surface area (Å²) >= 11 is 3.00. The van der Waals surface area contributed by atoms with E-state index in [2.05, 4.69) is 166 Å². The molecule has 0 aliphatic carbocycles. The van der Waals surface area contributed by atoms with Crippen molar-refractivity contribution in [3.05, 3.63) is 55.4 Å². The Balaban J connectivity index is -0.0000000235. The Morgan fingerprint density at radius 3 is 0.233 bits per heavy atom. The molecule has 632 valence electrons. The number of rotatable bonds is 32. The summed E-state index contributed by atoms with van der Waals surface area (Å²) < 4.78 is 33.0. The second-order valence-corrected chi connectivity index (χ2v) is 19.7. The Hall–Kier alpha value is 3.72. The van der Waals surface area contributed by atoms with Gasteiger partial charge in [-0.25, -0.2) is 0 Å². The molecule has 23 heteroatoms. The summed E-state index contributed by atoms with van der Waals surface area (Å²) in [6.45, 7) is 73.4. The molecule has 0 amide bonds. The van der Waals surface area contributed by atoms with Crippen LogP contribution in [0.1, 0.15) is 395 Å². The molecule has 0 aromatic rings. The van der Waals surface area contributed by atoms with Crippen LogP contribution >= 0.6 is 0 Å². The van der Waals surface area contributed by atoms with Gasteiger partial charge in [-0.15, -0.1) is 26.4 Å². The van der Waals surface area contributed by atoms with Gasteiger partial charge in [0.2, 0.25) is 0 Å². The van der Waals surface area contributed by atoms with Gasteiger partial charge in [-0.1, -0.05) is 293 Å². The van der Waals surface area contributed by atoms with E-state index in [0.717, 1.165) is 287 Å². The molecule has 0 rings (SSSR count). The van der Waals surface area contributed by atoms with Crippen LogP contribution in [0.15, 0.2) is 0 Å². The van der Waals surface area contributed by atoms with Crippen LogP contribution in [-0.4, -0.2) is 120 Å². The van der Waals surface area contributed by atoms with Crippen molar-refractivity contribution in [2.24, 2.45) is 0 Å². The molecule has 0 radical (unpaired) electrons. The zero-order valence-corrected chi connectivity index (χ0v) is 83.7. The third-order valence-electron chi connectivity index (χ3n) is 8.91. The molecule has 0 heterocycles. The van der Waals surface area contributed by atoms with Crippen LogP contribution < -0.4 is 20.4 Å². The van der Waals surface area contributed by atoms with E-state index in [1.807, 2.05) is 27.7 Å². The van der Waals surface area contributed by atoms with E-state index >= 15 is 0 Å². The Morgan fingerprint density at radius 1 is 0.175 bits per heavy atom. The zero-order chi connectivity index (χ0) is 84.8. The smallest absolute Gasteiger partial charge is 4.00 e. The van der Waals surface area contributed by atoms with Crippen molar-refractivity contribution in [3.63, 3.8) is 0 Å². The SMILES string of the molecule is CCCCO.CCCCO.CCCCO.CCCCO.CCCCO.CCCCO.CCCCO.CCCCO.CCCC[O-].CCCC[O-].CCCC[O-].CCCC[O-].[CH2-]CCC.[CH2-]CCC.[CH2-]CCC.[CH2-]CCC.[CH2-]CCC.[CH2-]CCC.[CH2-]CCC.[CH2-]CCC.[O]=[Ti].[O]=[Ti].[O]=[Ti].[O]=[Ti].[Ti+4].[Ti+4].[Ti+4]. The third kappa shape index (κ3) is 891. The van der Waals surface area contributed by atoms with Crippen LogP contribution in [0.2, 0.25) is 0 Å². The summed E-state index contributed by atoms with van der Waals surface area (Å²) in [4.78, 5) is 0. The number of aliphatic hydroxyl groups is 8. The molecule has 0 saturated heterocycles. The van der Waals surface area contributed by atoms with Gasteiger partial charge in [-0.2, -0.15) is 51.4 Å². The molecule has 0 atom stereocenters. The summed E-state index contributed by atoms with van der Waals surface area (Å²) in [5.74, 6) is 0. The topological polar surface area (TPSA) is 322 Å². The predicted octanol–water partition coefficient (Wildman–Crippen LogP) is 19.3. The monoisotopic (exact) mass is 1740 g/mol. The fraction of sp³-hybridized carbons (Fsp3) is 0.900. The first-order valence-electron chi connectivity index (χ1n) is 38.6. The molecule has 0 aromatic carbocycles. The van der Waals surface area contributed by atoms with Gasteiger partial charge < -0.3 is 117 Å². The maximum Gasteiger partial charge on any atom is 4.00 e. The molecule has 0 spiro atoms. The minimum absolute atomic E-state index is 0. The summed E-state index contributed by atoms with van der Waals surface area (Å²) in [6.07, 6.45) is 42.0. The normalized spacial score (nSPS) is 7.34. The van der Waals surface area contributed by atoms with Crippen molar-refractivity contribution >= 4 is 0 Å². The van der Waals surface area contributed by atoms with Gasteiger partial charge in [0, 0.05) is 52.9 Å². The zero-order valence-electron chi connectivity index (χ0n) is 72.8. The van der Waals surface area contributed by atoms with Crippen LogP contribution in [0.3, 0.4) is 0 Å². The average Bonchev–Trinajstić information content (AvgIpc) is 3.67. The molecule has 0 fully saturated rings. The van der Waals surface area contributed by atoms with E-state index < -0.39 is 0 Å². The molecule has 0 aliphatic heterocycles. The molecule has 0 bridgehead atoms. The van der Waals surface area contributed by atoms with Crippen molar-refractivity contribution < 1.29 is 221 Å². The van der Waals surface area contributed by atoms with Gasteiger partial charge >= 0.3 is 160 Å². The number of aliphatic hydroxyl groups excluding tert-OH is 8. The van der Waals surface area contributed by atoms with E-state index in [1.54, 1.807) is 0 Å². The molecule has 0 saturated carbocycles. The molecular formula is C80H188O16Ti7. The van der Waals surface area contributed by atoms with Gasteiger partial charge in [-0.3, -0.25) is 0 Å². The summed E-state index contributed by atoms with van der Waals surface area (Å²) in [5, 5.41) is 103. The standard InChI is InChI=1S/8C4H10O.4C4H9O.8C4H9.4O.7Ti/c12*1-2-3-4-5;8*1-3-4-2;;;;;;;;;;;/h8*5H,2-4H2,1H3;4*2-4H2,1H3;8*1,3-4H2,2H3;;;;;;;;;;;/q;;;;;;;;12*-1;;;;;;;;;3*+4. The maximum absolute atomic E-state index is 9.53. The van der Waals surface area contributed by atoms with Crippen molar-refractivity contribution in [1.82, 2.24) is 0 Å². The van der Waals surface area contributed by atoms with Crippen LogP contribution in [0.25, 0.3) is 0 Å². The fourth-order valence-corrected chi connectivity index (χ4v) is 1.84. The fourth-order valence-electron chi connectivity index (χ4n) is 1.84. The summed E-state index contributed by atoms with van der Waals surface area (Å²) in [5.41, 5.74) is 0. The molecule has 0 unspecified atom stereocenters. The Labute approximate surface area is 743 Å². The van der Waals surface area contributed by atoms with Crippen LogP contribution in [0.4, 0.5) is 0 Å².